The highest BCUT2D eigenvalue weighted by Gasteiger charge is 2.24. The van der Waals surface area contributed by atoms with E-state index < -0.39 is 0 Å². The van der Waals surface area contributed by atoms with Crippen molar-refractivity contribution in [3.8, 4) is 0 Å². The molecule has 0 radical (unpaired) electrons. The zero-order chi connectivity index (χ0) is 13.1. The Bertz CT molecular complexity index is 508. The topological polar surface area (TPSA) is 15.3 Å². The van der Waals surface area contributed by atoms with Gasteiger partial charge in [0.25, 0.3) is 0 Å². The molecule has 1 fully saturated rings. The monoisotopic (exact) mass is 344 g/mol. The van der Waals surface area contributed by atoms with Gasteiger partial charge in [-0.25, -0.2) is 0 Å². The second-order valence-electron chi connectivity index (χ2n) is 5.11. The van der Waals surface area contributed by atoms with Crippen molar-refractivity contribution in [2.45, 2.75) is 13.0 Å². The first kappa shape index (κ1) is 18.5. The lowest BCUT2D eigenvalue weighted by atomic mass is 10.0. The summed E-state index contributed by atoms with van der Waals surface area (Å²) >= 11 is 1.86. The fourth-order valence-electron chi connectivity index (χ4n) is 2.69. The van der Waals surface area contributed by atoms with Crippen LogP contribution in [0.2, 0.25) is 0 Å². The van der Waals surface area contributed by atoms with E-state index in [-0.39, 0.29) is 24.8 Å². The van der Waals surface area contributed by atoms with Crippen molar-refractivity contribution >= 4 is 36.2 Å². The number of piperazine rings is 1. The lowest BCUT2D eigenvalue weighted by Crippen LogP contribution is -2.45. The molecule has 2 aromatic rings. The first-order valence-electron chi connectivity index (χ1n) is 6.89. The molecule has 0 saturated carbocycles. The van der Waals surface area contributed by atoms with Gasteiger partial charge in [-0.2, -0.15) is 0 Å². The predicted octanol–water partition coefficient (Wildman–Crippen LogP) is 3.89. The second-order valence-corrected chi connectivity index (χ2v) is 6.09. The van der Waals surface area contributed by atoms with Crippen LogP contribution in [0.4, 0.5) is 0 Å². The van der Waals surface area contributed by atoms with Gasteiger partial charge in [-0.15, -0.1) is 36.2 Å². The third-order valence-electron chi connectivity index (χ3n) is 3.72. The average molecular weight is 345 g/mol. The second kappa shape index (κ2) is 8.76. The summed E-state index contributed by atoms with van der Waals surface area (Å²) in [6.45, 7) is 6.57. The third-order valence-corrected chi connectivity index (χ3v) is 4.65. The van der Waals surface area contributed by atoms with Crippen LogP contribution < -0.4 is 5.32 Å². The summed E-state index contributed by atoms with van der Waals surface area (Å²) in [6.07, 6.45) is 0. The van der Waals surface area contributed by atoms with E-state index in [0.29, 0.717) is 6.04 Å². The van der Waals surface area contributed by atoms with Crippen LogP contribution in [0.3, 0.4) is 0 Å². The molecule has 1 aromatic heterocycles. The molecule has 3 rings (SSSR count). The number of nitrogens with zero attached hydrogens (tertiary/aromatic N) is 1. The lowest BCUT2D eigenvalue weighted by molar-refractivity contribution is 0.200. The summed E-state index contributed by atoms with van der Waals surface area (Å²) in [5.41, 5.74) is 2.74. The molecule has 2 nitrogen and oxygen atoms in total. The minimum absolute atomic E-state index is 0. The maximum atomic E-state index is 3.44. The molecular formula is C16H22Cl2N2S. The Balaban J connectivity index is 0.00000110. The zero-order valence-electron chi connectivity index (χ0n) is 12.1. The SMILES string of the molecule is Cc1ccc([C@@H](c2cccs2)N2CCNCC2)cc1.Cl.Cl. The number of benzene rings is 1. The number of hydrogen-bond donors (Lipinski definition) is 1. The number of halogens is 2. The molecule has 5 heteroatoms. The van der Waals surface area contributed by atoms with Gasteiger partial charge < -0.3 is 5.32 Å². The van der Waals surface area contributed by atoms with Crippen LogP contribution in [0.5, 0.6) is 0 Å². The highest BCUT2D eigenvalue weighted by Crippen LogP contribution is 2.32. The van der Waals surface area contributed by atoms with Crippen molar-refractivity contribution in [2.75, 3.05) is 26.2 Å². The Hall–Kier alpha value is -0.580. The van der Waals surface area contributed by atoms with Crippen molar-refractivity contribution in [1.82, 2.24) is 10.2 Å². The standard InChI is InChI=1S/C16H20N2S.2ClH/c1-13-4-6-14(7-5-13)16(15-3-2-12-19-15)18-10-8-17-9-11-18;;/h2-7,12,16-17H,8-11H2,1H3;2*1H/t16-;;/m0../s1. The number of aryl methyl sites for hydroxylation is 1. The van der Waals surface area contributed by atoms with Crippen molar-refractivity contribution in [3.63, 3.8) is 0 Å². The molecule has 0 bridgehead atoms. The molecule has 0 amide bonds. The first-order chi connectivity index (χ1) is 9.34. The average Bonchev–Trinajstić information content (AvgIpc) is 2.96. The Kier molecular flexibility index (Phi) is 7.71. The molecule has 1 aliphatic heterocycles. The molecule has 116 valence electrons. The highest BCUT2D eigenvalue weighted by molar-refractivity contribution is 7.10. The largest absolute Gasteiger partial charge is 0.314 e. The van der Waals surface area contributed by atoms with Gasteiger partial charge in [0, 0.05) is 31.1 Å². The third kappa shape index (κ3) is 4.44. The quantitative estimate of drug-likeness (QED) is 0.908. The number of nitrogens with one attached hydrogen (secondary N) is 1. The fraction of sp³-hybridized carbons (Fsp3) is 0.375. The van der Waals surface area contributed by atoms with Crippen LogP contribution >= 0.6 is 36.2 Å². The molecule has 1 N–H and O–H groups in total. The molecular weight excluding hydrogens is 323 g/mol. The Labute approximate surface area is 143 Å². The van der Waals surface area contributed by atoms with E-state index >= 15 is 0 Å². The van der Waals surface area contributed by atoms with Gasteiger partial charge in [0.05, 0.1) is 6.04 Å². The predicted molar refractivity (Wildman–Crippen MR) is 96.3 cm³/mol. The van der Waals surface area contributed by atoms with Gasteiger partial charge in [0.1, 0.15) is 0 Å². The van der Waals surface area contributed by atoms with Crippen LogP contribution in [-0.2, 0) is 0 Å². The van der Waals surface area contributed by atoms with E-state index in [1.54, 1.807) is 0 Å². The van der Waals surface area contributed by atoms with E-state index in [4.69, 9.17) is 0 Å². The summed E-state index contributed by atoms with van der Waals surface area (Å²) in [4.78, 5) is 4.04. The summed E-state index contributed by atoms with van der Waals surface area (Å²) < 4.78 is 0. The van der Waals surface area contributed by atoms with Gasteiger partial charge in [0.2, 0.25) is 0 Å². The Morgan fingerprint density at radius 2 is 1.71 bits per heavy atom. The smallest absolute Gasteiger partial charge is 0.0696 e. The molecule has 21 heavy (non-hydrogen) atoms. The molecule has 0 unspecified atom stereocenters. The van der Waals surface area contributed by atoms with Gasteiger partial charge >= 0.3 is 0 Å². The Morgan fingerprint density at radius 1 is 1.05 bits per heavy atom. The maximum absolute atomic E-state index is 3.44. The molecule has 1 aliphatic rings. The molecule has 2 heterocycles. The van der Waals surface area contributed by atoms with Crippen LogP contribution in [0.1, 0.15) is 22.0 Å². The van der Waals surface area contributed by atoms with Gasteiger partial charge in [-0.3, -0.25) is 4.90 Å². The van der Waals surface area contributed by atoms with E-state index in [9.17, 15) is 0 Å². The van der Waals surface area contributed by atoms with Crippen LogP contribution in [0.15, 0.2) is 41.8 Å². The van der Waals surface area contributed by atoms with Crippen molar-refractivity contribution < 1.29 is 0 Å². The van der Waals surface area contributed by atoms with E-state index in [0.717, 1.165) is 26.2 Å². The molecule has 1 atom stereocenters. The van der Waals surface area contributed by atoms with Crippen LogP contribution in [0.25, 0.3) is 0 Å². The van der Waals surface area contributed by atoms with Gasteiger partial charge in [-0.1, -0.05) is 35.9 Å². The molecule has 0 spiro atoms. The van der Waals surface area contributed by atoms with Crippen molar-refractivity contribution in [3.05, 3.63) is 57.8 Å². The summed E-state index contributed by atoms with van der Waals surface area (Å²) in [6, 6.07) is 13.8. The van der Waals surface area contributed by atoms with Crippen LogP contribution in [0, 0.1) is 6.92 Å². The van der Waals surface area contributed by atoms with Crippen molar-refractivity contribution in [2.24, 2.45) is 0 Å². The molecule has 1 aromatic carbocycles. The number of rotatable bonds is 3. The van der Waals surface area contributed by atoms with Crippen LogP contribution in [-0.4, -0.2) is 31.1 Å². The maximum Gasteiger partial charge on any atom is 0.0696 e. The van der Waals surface area contributed by atoms with E-state index in [1.807, 2.05) is 11.3 Å². The minimum Gasteiger partial charge on any atom is -0.314 e. The number of hydrogen-bond acceptors (Lipinski definition) is 3. The summed E-state index contributed by atoms with van der Waals surface area (Å²) in [5.74, 6) is 0. The van der Waals surface area contributed by atoms with Crippen molar-refractivity contribution in [1.29, 1.82) is 0 Å². The fourth-order valence-corrected chi connectivity index (χ4v) is 3.58. The van der Waals surface area contributed by atoms with E-state index in [1.165, 1.54) is 16.0 Å². The highest BCUT2D eigenvalue weighted by atomic mass is 35.5. The van der Waals surface area contributed by atoms with Gasteiger partial charge in [-0.05, 0) is 23.9 Å². The van der Waals surface area contributed by atoms with Gasteiger partial charge in [0.15, 0.2) is 0 Å². The molecule has 1 saturated heterocycles. The summed E-state index contributed by atoms with van der Waals surface area (Å²) in [5, 5.41) is 5.62. The molecule has 0 aliphatic carbocycles. The first-order valence-corrected chi connectivity index (χ1v) is 7.77. The number of thiophene rings is 1. The Morgan fingerprint density at radius 3 is 2.29 bits per heavy atom. The summed E-state index contributed by atoms with van der Waals surface area (Å²) in [7, 11) is 0. The zero-order valence-corrected chi connectivity index (χ0v) is 14.6. The van der Waals surface area contributed by atoms with E-state index in [2.05, 4.69) is 58.9 Å². The normalized spacial score (nSPS) is 16.6. The lowest BCUT2D eigenvalue weighted by Gasteiger charge is -2.34. The minimum atomic E-state index is 0.